The monoisotopic (exact) mass is 440 g/mol. The van der Waals surface area contributed by atoms with Gasteiger partial charge in [0.25, 0.3) is 0 Å². The van der Waals surface area contributed by atoms with Gasteiger partial charge in [0.1, 0.15) is 0 Å². The Labute approximate surface area is 190 Å². The molecule has 5 nitrogen and oxygen atoms in total. The lowest BCUT2D eigenvalue weighted by atomic mass is 9.95. The van der Waals surface area contributed by atoms with Crippen LogP contribution in [0.3, 0.4) is 0 Å². The Kier molecular flexibility index (Phi) is 7.75. The van der Waals surface area contributed by atoms with Gasteiger partial charge in [0.2, 0.25) is 5.91 Å². The molecule has 0 saturated carbocycles. The summed E-state index contributed by atoms with van der Waals surface area (Å²) in [6.07, 6.45) is 4.50. The summed E-state index contributed by atoms with van der Waals surface area (Å²) in [5, 5.41) is 6.51. The maximum absolute atomic E-state index is 12.8. The van der Waals surface area contributed by atoms with Gasteiger partial charge < -0.3 is 5.32 Å². The number of amides is 1. The van der Waals surface area contributed by atoms with Crippen molar-refractivity contribution in [1.29, 1.82) is 0 Å². The second-order valence-electron chi connectivity index (χ2n) is 9.38. The van der Waals surface area contributed by atoms with Crippen molar-refractivity contribution < 1.29 is 4.79 Å². The van der Waals surface area contributed by atoms with Crippen molar-refractivity contribution in [3.05, 3.63) is 51.5 Å². The SMILES string of the molecule is Cc1nc(CN2CCC(C(=O)NCc3ccccc3CN3CCCC(C)C3)CC2)cs1. The van der Waals surface area contributed by atoms with Crippen molar-refractivity contribution >= 4 is 17.2 Å². The van der Waals surface area contributed by atoms with Gasteiger partial charge in [0.15, 0.2) is 0 Å². The number of aromatic nitrogens is 1. The molecule has 168 valence electrons. The first-order valence-corrected chi connectivity index (χ1v) is 12.6. The molecule has 1 atom stereocenters. The van der Waals surface area contributed by atoms with Gasteiger partial charge in [0, 0.05) is 37.5 Å². The van der Waals surface area contributed by atoms with Crippen molar-refractivity contribution in [3.63, 3.8) is 0 Å². The van der Waals surface area contributed by atoms with Crippen LogP contribution in [0, 0.1) is 18.8 Å². The summed E-state index contributed by atoms with van der Waals surface area (Å²) in [5.41, 5.74) is 3.76. The van der Waals surface area contributed by atoms with Gasteiger partial charge in [-0.1, -0.05) is 31.2 Å². The molecule has 2 aliphatic rings. The maximum Gasteiger partial charge on any atom is 0.223 e. The van der Waals surface area contributed by atoms with Gasteiger partial charge in [-0.2, -0.15) is 0 Å². The van der Waals surface area contributed by atoms with E-state index < -0.39 is 0 Å². The summed E-state index contributed by atoms with van der Waals surface area (Å²) in [4.78, 5) is 22.4. The summed E-state index contributed by atoms with van der Waals surface area (Å²) < 4.78 is 0. The molecule has 6 heteroatoms. The van der Waals surface area contributed by atoms with E-state index in [2.05, 4.69) is 63.6 Å². The molecule has 1 amide bonds. The standard InChI is InChI=1S/C25H36N4OS/c1-19-6-5-11-29(15-19)16-23-8-4-3-7-22(23)14-26-25(30)21-9-12-28(13-10-21)17-24-18-31-20(2)27-24/h3-4,7-8,18-19,21H,5-6,9-17H2,1-2H3,(H,26,30). The molecule has 4 rings (SSSR count). The summed E-state index contributed by atoms with van der Waals surface area (Å²) >= 11 is 1.71. The lowest BCUT2D eigenvalue weighted by Crippen LogP contribution is -2.40. The van der Waals surface area contributed by atoms with Gasteiger partial charge >= 0.3 is 0 Å². The predicted molar refractivity (Wildman–Crippen MR) is 127 cm³/mol. The third-order valence-corrected chi connectivity index (χ3v) is 7.54. The second-order valence-corrected chi connectivity index (χ2v) is 10.4. The van der Waals surface area contributed by atoms with Crippen LogP contribution in [0.1, 0.15) is 54.4 Å². The smallest absolute Gasteiger partial charge is 0.223 e. The number of rotatable bonds is 7. The number of nitrogens with one attached hydrogen (secondary N) is 1. The maximum atomic E-state index is 12.8. The minimum Gasteiger partial charge on any atom is -0.352 e. The highest BCUT2D eigenvalue weighted by atomic mass is 32.1. The molecule has 1 aromatic heterocycles. The molecule has 0 radical (unpaired) electrons. The summed E-state index contributed by atoms with van der Waals surface area (Å²) in [7, 11) is 0. The average molecular weight is 441 g/mol. The molecular weight excluding hydrogens is 404 g/mol. The van der Waals surface area contributed by atoms with E-state index >= 15 is 0 Å². The van der Waals surface area contributed by atoms with Crippen LogP contribution in [-0.4, -0.2) is 46.9 Å². The number of likely N-dealkylation sites (tertiary alicyclic amines) is 2. The molecule has 1 unspecified atom stereocenters. The van der Waals surface area contributed by atoms with Gasteiger partial charge in [-0.15, -0.1) is 11.3 Å². The van der Waals surface area contributed by atoms with Crippen molar-refractivity contribution in [2.24, 2.45) is 11.8 Å². The Morgan fingerprint density at radius 2 is 1.87 bits per heavy atom. The van der Waals surface area contributed by atoms with Crippen LogP contribution < -0.4 is 5.32 Å². The van der Waals surface area contributed by atoms with E-state index in [1.807, 2.05) is 0 Å². The van der Waals surface area contributed by atoms with Crippen LogP contribution in [-0.2, 0) is 24.4 Å². The molecule has 1 N–H and O–H groups in total. The Morgan fingerprint density at radius 1 is 1.10 bits per heavy atom. The Bertz CT molecular complexity index is 859. The number of nitrogens with zero attached hydrogens (tertiary/aromatic N) is 3. The fourth-order valence-corrected chi connectivity index (χ4v) is 5.55. The molecule has 1 aromatic carbocycles. The van der Waals surface area contributed by atoms with E-state index in [0.29, 0.717) is 6.54 Å². The van der Waals surface area contributed by atoms with Crippen LogP contribution in [0.5, 0.6) is 0 Å². The summed E-state index contributed by atoms with van der Waals surface area (Å²) in [6.45, 7) is 11.2. The Balaban J connectivity index is 1.24. The number of hydrogen-bond donors (Lipinski definition) is 1. The molecule has 2 aliphatic heterocycles. The fraction of sp³-hybridized carbons (Fsp3) is 0.600. The van der Waals surface area contributed by atoms with Crippen LogP contribution >= 0.6 is 11.3 Å². The predicted octanol–water partition coefficient (Wildman–Crippen LogP) is 4.21. The Hall–Kier alpha value is -1.76. The van der Waals surface area contributed by atoms with E-state index in [-0.39, 0.29) is 11.8 Å². The minimum absolute atomic E-state index is 0.128. The van der Waals surface area contributed by atoms with Crippen LogP contribution in [0.2, 0.25) is 0 Å². The van der Waals surface area contributed by atoms with Gasteiger partial charge in [0.05, 0.1) is 10.7 Å². The zero-order chi connectivity index (χ0) is 21.6. The number of carbonyl (C=O) groups is 1. The molecular formula is C25H36N4OS. The highest BCUT2D eigenvalue weighted by Gasteiger charge is 2.25. The largest absolute Gasteiger partial charge is 0.352 e. The molecule has 2 saturated heterocycles. The lowest BCUT2D eigenvalue weighted by molar-refractivity contribution is -0.126. The van der Waals surface area contributed by atoms with Crippen molar-refractivity contribution in [2.75, 3.05) is 26.2 Å². The van der Waals surface area contributed by atoms with Crippen LogP contribution in [0.4, 0.5) is 0 Å². The first-order chi connectivity index (χ1) is 15.1. The molecule has 2 fully saturated rings. The van der Waals surface area contributed by atoms with Crippen LogP contribution in [0.25, 0.3) is 0 Å². The van der Waals surface area contributed by atoms with E-state index in [1.165, 1.54) is 37.1 Å². The quantitative estimate of drug-likeness (QED) is 0.701. The minimum atomic E-state index is 0.128. The van der Waals surface area contributed by atoms with Crippen LogP contribution in [0.15, 0.2) is 29.6 Å². The first-order valence-electron chi connectivity index (χ1n) is 11.8. The summed E-state index contributed by atoms with van der Waals surface area (Å²) in [5.74, 6) is 1.13. The molecule has 0 spiro atoms. The highest BCUT2D eigenvalue weighted by Crippen LogP contribution is 2.22. The molecule has 31 heavy (non-hydrogen) atoms. The number of piperidine rings is 2. The lowest BCUT2D eigenvalue weighted by Gasteiger charge is -2.32. The van der Waals surface area contributed by atoms with Gasteiger partial charge in [-0.25, -0.2) is 4.98 Å². The topological polar surface area (TPSA) is 48.5 Å². The van der Waals surface area contributed by atoms with E-state index in [0.717, 1.165) is 55.6 Å². The Morgan fingerprint density at radius 3 is 2.58 bits per heavy atom. The molecule has 2 aromatic rings. The van der Waals surface area contributed by atoms with Crippen molar-refractivity contribution in [2.45, 2.75) is 59.2 Å². The van der Waals surface area contributed by atoms with E-state index in [9.17, 15) is 4.79 Å². The zero-order valence-electron chi connectivity index (χ0n) is 19.0. The average Bonchev–Trinajstić information content (AvgIpc) is 3.18. The number of hydrogen-bond acceptors (Lipinski definition) is 5. The molecule has 0 bridgehead atoms. The number of benzene rings is 1. The zero-order valence-corrected chi connectivity index (χ0v) is 19.8. The summed E-state index contributed by atoms with van der Waals surface area (Å²) in [6, 6.07) is 8.59. The fourth-order valence-electron chi connectivity index (χ4n) is 4.95. The third-order valence-electron chi connectivity index (χ3n) is 6.72. The van der Waals surface area contributed by atoms with Gasteiger partial charge in [-0.3, -0.25) is 14.6 Å². The normalized spacial score (nSPS) is 21.3. The number of thiazole rings is 1. The number of aryl methyl sites for hydroxylation is 1. The van der Waals surface area contributed by atoms with E-state index in [4.69, 9.17) is 0 Å². The first kappa shape index (κ1) is 22.4. The van der Waals surface area contributed by atoms with Gasteiger partial charge in [-0.05, 0) is 69.3 Å². The number of carbonyl (C=O) groups excluding carboxylic acids is 1. The second kappa shape index (κ2) is 10.7. The highest BCUT2D eigenvalue weighted by molar-refractivity contribution is 7.09. The van der Waals surface area contributed by atoms with Crippen molar-refractivity contribution in [3.8, 4) is 0 Å². The molecule has 0 aliphatic carbocycles. The third kappa shape index (κ3) is 6.37. The molecule has 3 heterocycles. The van der Waals surface area contributed by atoms with E-state index in [1.54, 1.807) is 11.3 Å². The van der Waals surface area contributed by atoms with Crippen molar-refractivity contribution in [1.82, 2.24) is 20.1 Å².